The summed E-state index contributed by atoms with van der Waals surface area (Å²) >= 11 is 0. The Morgan fingerprint density at radius 1 is 1.00 bits per heavy atom. The zero-order chi connectivity index (χ0) is 22.7. The van der Waals surface area contributed by atoms with Crippen molar-refractivity contribution in [2.24, 2.45) is 5.92 Å². The number of rotatable bonds is 5. The van der Waals surface area contributed by atoms with Crippen LogP contribution in [-0.2, 0) is 9.53 Å². The Morgan fingerprint density at radius 3 is 2.44 bits per heavy atom. The van der Waals surface area contributed by atoms with Gasteiger partial charge in [0.25, 0.3) is 5.91 Å². The number of carbonyl (C=O) groups is 2. The van der Waals surface area contributed by atoms with Crippen molar-refractivity contribution >= 4 is 11.8 Å². The smallest absolute Gasteiger partial charge is 0.256 e. The van der Waals surface area contributed by atoms with Crippen LogP contribution in [-0.4, -0.2) is 75.2 Å². The summed E-state index contributed by atoms with van der Waals surface area (Å²) in [7, 11) is 3.14. The van der Waals surface area contributed by atoms with Crippen LogP contribution in [0.25, 0.3) is 0 Å². The van der Waals surface area contributed by atoms with Crippen molar-refractivity contribution in [1.29, 1.82) is 0 Å². The fourth-order valence-corrected chi connectivity index (χ4v) is 4.49. The summed E-state index contributed by atoms with van der Waals surface area (Å²) in [5.74, 6) is -0.570. The topological polar surface area (TPSA) is 68.3 Å². The minimum atomic E-state index is -0.573. The van der Waals surface area contributed by atoms with E-state index in [1.165, 1.54) is 12.1 Å². The molecule has 0 radical (unpaired) electrons. The Morgan fingerprint density at radius 2 is 1.75 bits per heavy atom. The molecule has 0 saturated carbocycles. The van der Waals surface area contributed by atoms with Gasteiger partial charge in [-0.05, 0) is 30.3 Å². The number of halogens is 1. The van der Waals surface area contributed by atoms with E-state index in [9.17, 15) is 14.0 Å². The number of amides is 2. The molecule has 2 atom stereocenters. The molecule has 32 heavy (non-hydrogen) atoms. The molecule has 2 heterocycles. The van der Waals surface area contributed by atoms with Crippen LogP contribution in [0.4, 0.5) is 4.39 Å². The molecule has 7 nitrogen and oxygen atoms in total. The number of benzene rings is 2. The molecular weight excluding hydrogens is 415 g/mol. The van der Waals surface area contributed by atoms with E-state index >= 15 is 0 Å². The van der Waals surface area contributed by atoms with Gasteiger partial charge in [-0.2, -0.15) is 0 Å². The summed E-state index contributed by atoms with van der Waals surface area (Å²) in [6, 6.07) is 11.3. The van der Waals surface area contributed by atoms with E-state index in [0.29, 0.717) is 37.8 Å². The fourth-order valence-electron chi connectivity index (χ4n) is 4.49. The first-order chi connectivity index (χ1) is 15.5. The first kappa shape index (κ1) is 22.1. The largest absolute Gasteiger partial charge is 0.497 e. The Kier molecular flexibility index (Phi) is 6.60. The summed E-state index contributed by atoms with van der Waals surface area (Å²) < 4.78 is 30.6. The van der Waals surface area contributed by atoms with Crippen molar-refractivity contribution in [3.05, 3.63) is 59.4 Å². The quantitative estimate of drug-likeness (QED) is 0.712. The van der Waals surface area contributed by atoms with Crippen LogP contribution < -0.4 is 9.47 Å². The number of methoxy groups -OCH3 is 2. The van der Waals surface area contributed by atoms with Gasteiger partial charge in [0.05, 0.1) is 38.9 Å². The van der Waals surface area contributed by atoms with Crippen LogP contribution in [0.5, 0.6) is 11.5 Å². The van der Waals surface area contributed by atoms with E-state index in [1.54, 1.807) is 48.3 Å². The lowest BCUT2D eigenvalue weighted by atomic mass is 9.87. The highest BCUT2D eigenvalue weighted by atomic mass is 19.1. The van der Waals surface area contributed by atoms with Crippen LogP contribution in [0.3, 0.4) is 0 Å². The molecule has 0 spiro atoms. The molecule has 2 aromatic carbocycles. The molecule has 0 aliphatic carbocycles. The first-order valence-electron chi connectivity index (χ1n) is 10.7. The second kappa shape index (κ2) is 9.56. The zero-order valence-corrected chi connectivity index (χ0v) is 18.3. The molecule has 4 rings (SSSR count). The number of morpholine rings is 1. The molecule has 0 bridgehead atoms. The van der Waals surface area contributed by atoms with Crippen LogP contribution in [0, 0.1) is 11.7 Å². The summed E-state index contributed by atoms with van der Waals surface area (Å²) in [6.07, 6.45) is 0. The molecule has 170 valence electrons. The molecule has 2 fully saturated rings. The van der Waals surface area contributed by atoms with E-state index in [4.69, 9.17) is 14.2 Å². The minimum Gasteiger partial charge on any atom is -0.497 e. The highest BCUT2D eigenvalue weighted by Gasteiger charge is 2.44. The van der Waals surface area contributed by atoms with E-state index in [-0.39, 0.29) is 30.5 Å². The standard InChI is InChI=1S/C24H27FN2O5/c1-30-16-7-8-22(31-2)18(13-16)19-14-27(23(28)17-5-3-4-6-21(17)25)15-20(19)24(29)26-9-11-32-12-10-26/h3-8,13,19-20H,9-12,14-15H2,1-2H3. The predicted molar refractivity (Wildman–Crippen MR) is 115 cm³/mol. The summed E-state index contributed by atoms with van der Waals surface area (Å²) in [4.78, 5) is 30.0. The summed E-state index contributed by atoms with van der Waals surface area (Å²) in [5.41, 5.74) is 0.797. The Balaban J connectivity index is 1.69. The molecular formula is C24H27FN2O5. The third kappa shape index (κ3) is 4.27. The van der Waals surface area contributed by atoms with E-state index in [0.717, 1.165) is 5.56 Å². The Labute approximate surface area is 186 Å². The van der Waals surface area contributed by atoms with Crippen LogP contribution in [0.1, 0.15) is 21.8 Å². The van der Waals surface area contributed by atoms with Gasteiger partial charge in [0.15, 0.2) is 0 Å². The number of carbonyl (C=O) groups excluding carboxylic acids is 2. The third-order valence-corrected chi connectivity index (χ3v) is 6.19. The maximum Gasteiger partial charge on any atom is 0.256 e. The van der Waals surface area contributed by atoms with Gasteiger partial charge in [-0.25, -0.2) is 4.39 Å². The van der Waals surface area contributed by atoms with Gasteiger partial charge in [-0.3, -0.25) is 9.59 Å². The number of hydrogen-bond donors (Lipinski definition) is 0. The van der Waals surface area contributed by atoms with Crippen molar-refractivity contribution in [1.82, 2.24) is 9.80 Å². The molecule has 2 unspecified atom stereocenters. The van der Waals surface area contributed by atoms with Crippen LogP contribution in [0.2, 0.25) is 0 Å². The minimum absolute atomic E-state index is 0.00308. The normalized spacial score (nSPS) is 20.8. The fraction of sp³-hybridized carbons (Fsp3) is 0.417. The first-order valence-corrected chi connectivity index (χ1v) is 10.7. The molecule has 0 N–H and O–H groups in total. The van der Waals surface area contributed by atoms with Gasteiger partial charge >= 0.3 is 0 Å². The average Bonchev–Trinajstić information content (AvgIpc) is 3.29. The van der Waals surface area contributed by atoms with Gasteiger partial charge < -0.3 is 24.0 Å². The summed E-state index contributed by atoms with van der Waals surface area (Å²) in [6.45, 7) is 2.48. The van der Waals surface area contributed by atoms with E-state index in [2.05, 4.69) is 0 Å². The Hall–Kier alpha value is -3.13. The second-order valence-corrected chi connectivity index (χ2v) is 7.95. The number of nitrogens with zero attached hydrogens (tertiary/aromatic N) is 2. The lowest BCUT2D eigenvalue weighted by Gasteiger charge is -2.31. The van der Waals surface area contributed by atoms with Crippen LogP contribution >= 0.6 is 0 Å². The highest BCUT2D eigenvalue weighted by Crippen LogP contribution is 2.40. The molecule has 2 aliphatic rings. The molecule has 8 heteroatoms. The van der Waals surface area contributed by atoms with Crippen molar-refractivity contribution < 1.29 is 28.2 Å². The molecule has 0 aromatic heterocycles. The van der Waals surface area contributed by atoms with Crippen molar-refractivity contribution in [3.63, 3.8) is 0 Å². The van der Waals surface area contributed by atoms with Crippen molar-refractivity contribution in [3.8, 4) is 11.5 Å². The van der Waals surface area contributed by atoms with Gasteiger partial charge in [0.1, 0.15) is 17.3 Å². The zero-order valence-electron chi connectivity index (χ0n) is 18.3. The third-order valence-electron chi connectivity index (χ3n) is 6.19. The van der Waals surface area contributed by atoms with Gasteiger partial charge in [-0.15, -0.1) is 0 Å². The highest BCUT2D eigenvalue weighted by molar-refractivity contribution is 5.95. The van der Waals surface area contributed by atoms with Gasteiger partial charge in [0, 0.05) is 37.7 Å². The lowest BCUT2D eigenvalue weighted by Crippen LogP contribution is -2.45. The Bertz CT molecular complexity index is 992. The lowest BCUT2D eigenvalue weighted by molar-refractivity contribution is -0.139. The molecule has 2 aliphatic heterocycles. The number of ether oxygens (including phenoxy) is 3. The number of likely N-dealkylation sites (tertiary alicyclic amines) is 1. The van der Waals surface area contributed by atoms with Crippen LogP contribution in [0.15, 0.2) is 42.5 Å². The molecule has 2 amide bonds. The molecule has 2 aromatic rings. The van der Waals surface area contributed by atoms with Crippen molar-refractivity contribution in [2.45, 2.75) is 5.92 Å². The maximum atomic E-state index is 14.3. The van der Waals surface area contributed by atoms with E-state index in [1.807, 2.05) is 6.07 Å². The molecule has 2 saturated heterocycles. The second-order valence-electron chi connectivity index (χ2n) is 7.95. The van der Waals surface area contributed by atoms with E-state index < -0.39 is 17.6 Å². The SMILES string of the molecule is COc1ccc(OC)c(C2CN(C(=O)c3ccccc3F)CC2C(=O)N2CCOCC2)c1. The van der Waals surface area contributed by atoms with Crippen molar-refractivity contribution in [2.75, 3.05) is 53.6 Å². The van der Waals surface area contributed by atoms with Gasteiger partial charge in [0.2, 0.25) is 5.91 Å². The summed E-state index contributed by atoms with van der Waals surface area (Å²) in [5, 5.41) is 0. The predicted octanol–water partition coefficient (Wildman–Crippen LogP) is 2.56. The maximum absolute atomic E-state index is 14.3. The monoisotopic (exact) mass is 442 g/mol. The number of hydrogen-bond acceptors (Lipinski definition) is 5. The average molecular weight is 442 g/mol. The van der Waals surface area contributed by atoms with Gasteiger partial charge in [-0.1, -0.05) is 12.1 Å².